The summed E-state index contributed by atoms with van der Waals surface area (Å²) in [7, 11) is 0. The second-order valence-corrected chi connectivity index (χ2v) is 6.32. The Morgan fingerprint density at radius 3 is 2.61 bits per heavy atom. The largest absolute Gasteiger partial charge is 0.459 e. The molecule has 0 aromatic carbocycles. The number of thiazole rings is 1. The van der Waals surface area contributed by atoms with Gasteiger partial charge in [-0.1, -0.05) is 0 Å². The van der Waals surface area contributed by atoms with Gasteiger partial charge in [-0.2, -0.15) is 0 Å². The smallest absolute Gasteiger partial charge is 0.263 e. The zero-order chi connectivity index (χ0) is 16.4. The van der Waals surface area contributed by atoms with Gasteiger partial charge in [0.1, 0.15) is 10.6 Å². The number of pyridine rings is 1. The maximum atomic E-state index is 12.5. The zero-order valence-electron chi connectivity index (χ0n) is 13.2. The molecule has 0 fully saturated rings. The number of carbonyl (C=O) groups excluding carboxylic acids is 1. The van der Waals surface area contributed by atoms with E-state index in [-0.39, 0.29) is 11.9 Å². The first kappa shape index (κ1) is 15.4. The molecule has 3 aromatic heterocycles. The van der Waals surface area contributed by atoms with E-state index in [4.69, 9.17) is 4.42 Å². The van der Waals surface area contributed by atoms with Gasteiger partial charge < -0.3 is 9.73 Å². The van der Waals surface area contributed by atoms with Gasteiger partial charge in [0.05, 0.1) is 11.7 Å². The van der Waals surface area contributed by atoms with Crippen LogP contribution in [0.15, 0.2) is 41.1 Å². The maximum absolute atomic E-state index is 12.5. The minimum absolute atomic E-state index is 0.0960. The standard InChI is InChI=1S/C17H17N3O2S/c1-10-4-5-14(22-10)17-20-12(3)15(23-17)16(21)19-11(2)13-6-8-18-9-7-13/h4-9,11H,1-3H3,(H,19,21). The molecule has 0 aliphatic rings. The van der Waals surface area contributed by atoms with Crippen molar-refractivity contribution in [2.24, 2.45) is 0 Å². The first-order valence-corrected chi connectivity index (χ1v) is 8.11. The Labute approximate surface area is 138 Å². The average molecular weight is 327 g/mol. The summed E-state index contributed by atoms with van der Waals surface area (Å²) >= 11 is 1.34. The molecule has 3 aromatic rings. The monoisotopic (exact) mass is 327 g/mol. The van der Waals surface area contributed by atoms with Crippen LogP contribution in [0.25, 0.3) is 10.8 Å². The molecule has 3 heterocycles. The van der Waals surface area contributed by atoms with Gasteiger partial charge in [-0.25, -0.2) is 4.98 Å². The minimum Gasteiger partial charge on any atom is -0.459 e. The average Bonchev–Trinajstić information content (AvgIpc) is 3.14. The molecule has 1 N–H and O–H groups in total. The first-order chi connectivity index (χ1) is 11.0. The predicted octanol–water partition coefficient (Wildman–Crippen LogP) is 3.91. The van der Waals surface area contributed by atoms with Crippen molar-refractivity contribution in [3.63, 3.8) is 0 Å². The quantitative estimate of drug-likeness (QED) is 0.789. The van der Waals surface area contributed by atoms with Crippen LogP contribution in [-0.4, -0.2) is 15.9 Å². The number of amides is 1. The summed E-state index contributed by atoms with van der Waals surface area (Å²) in [5.74, 6) is 1.39. The van der Waals surface area contributed by atoms with Crippen LogP contribution < -0.4 is 5.32 Å². The number of furan rings is 1. The van der Waals surface area contributed by atoms with Crippen LogP contribution in [0.5, 0.6) is 0 Å². The molecule has 118 valence electrons. The van der Waals surface area contributed by atoms with Crippen LogP contribution in [0, 0.1) is 13.8 Å². The molecule has 0 bridgehead atoms. The molecule has 0 aliphatic carbocycles. The van der Waals surface area contributed by atoms with Gasteiger partial charge in [-0.15, -0.1) is 11.3 Å². The van der Waals surface area contributed by atoms with Gasteiger partial charge in [0.25, 0.3) is 5.91 Å². The van der Waals surface area contributed by atoms with E-state index in [1.807, 2.05) is 45.0 Å². The van der Waals surface area contributed by atoms with E-state index in [2.05, 4.69) is 15.3 Å². The lowest BCUT2D eigenvalue weighted by atomic mass is 10.1. The van der Waals surface area contributed by atoms with Crippen molar-refractivity contribution < 1.29 is 9.21 Å². The summed E-state index contributed by atoms with van der Waals surface area (Å²) in [5.41, 5.74) is 1.72. The fourth-order valence-electron chi connectivity index (χ4n) is 2.26. The molecular weight excluding hydrogens is 310 g/mol. The van der Waals surface area contributed by atoms with Crippen molar-refractivity contribution in [3.8, 4) is 10.8 Å². The lowest BCUT2D eigenvalue weighted by molar-refractivity contribution is 0.0943. The Morgan fingerprint density at radius 2 is 1.96 bits per heavy atom. The third-order valence-electron chi connectivity index (χ3n) is 3.51. The van der Waals surface area contributed by atoms with Gasteiger partial charge in [0.2, 0.25) is 0 Å². The van der Waals surface area contributed by atoms with Crippen LogP contribution in [0.1, 0.15) is 39.7 Å². The van der Waals surface area contributed by atoms with Gasteiger partial charge in [0, 0.05) is 12.4 Å². The Morgan fingerprint density at radius 1 is 1.22 bits per heavy atom. The molecule has 23 heavy (non-hydrogen) atoms. The van der Waals surface area contributed by atoms with E-state index >= 15 is 0 Å². The number of hydrogen-bond acceptors (Lipinski definition) is 5. The summed E-state index contributed by atoms with van der Waals surface area (Å²) in [6.45, 7) is 5.66. The number of nitrogens with one attached hydrogen (secondary N) is 1. The molecule has 1 unspecified atom stereocenters. The van der Waals surface area contributed by atoms with E-state index in [0.29, 0.717) is 16.3 Å². The van der Waals surface area contributed by atoms with Crippen LogP contribution in [0.3, 0.4) is 0 Å². The lowest BCUT2D eigenvalue weighted by Gasteiger charge is -2.13. The summed E-state index contributed by atoms with van der Waals surface area (Å²) in [6.07, 6.45) is 3.43. The molecule has 0 radical (unpaired) electrons. The third-order valence-corrected chi connectivity index (χ3v) is 4.68. The molecule has 5 nitrogen and oxygen atoms in total. The van der Waals surface area contributed by atoms with Crippen LogP contribution in [0.4, 0.5) is 0 Å². The molecule has 0 spiro atoms. The van der Waals surface area contributed by atoms with Crippen LogP contribution >= 0.6 is 11.3 Å². The number of hydrogen-bond donors (Lipinski definition) is 1. The second-order valence-electron chi connectivity index (χ2n) is 5.32. The molecule has 6 heteroatoms. The van der Waals surface area contributed by atoms with E-state index in [0.717, 1.165) is 16.3 Å². The molecule has 1 atom stereocenters. The number of carbonyl (C=O) groups is 1. The summed E-state index contributed by atoms with van der Waals surface area (Å²) in [6, 6.07) is 7.44. The predicted molar refractivity (Wildman–Crippen MR) is 89.4 cm³/mol. The Kier molecular flexibility index (Phi) is 4.25. The Bertz CT molecular complexity index is 823. The maximum Gasteiger partial charge on any atom is 0.263 e. The second kappa shape index (κ2) is 6.34. The van der Waals surface area contributed by atoms with Gasteiger partial charge in [-0.05, 0) is 50.6 Å². The fourth-order valence-corrected chi connectivity index (χ4v) is 3.19. The first-order valence-electron chi connectivity index (χ1n) is 7.29. The normalized spacial score (nSPS) is 12.1. The highest BCUT2D eigenvalue weighted by molar-refractivity contribution is 7.17. The molecule has 0 saturated carbocycles. The zero-order valence-corrected chi connectivity index (χ0v) is 14.0. The number of aromatic nitrogens is 2. The minimum atomic E-state index is -0.126. The van der Waals surface area contributed by atoms with Crippen molar-refractivity contribution in [3.05, 3.63) is 58.6 Å². The van der Waals surface area contributed by atoms with E-state index < -0.39 is 0 Å². The summed E-state index contributed by atoms with van der Waals surface area (Å²) in [4.78, 5) is 21.6. The highest BCUT2D eigenvalue weighted by Crippen LogP contribution is 2.29. The van der Waals surface area contributed by atoms with Crippen molar-refractivity contribution in [2.45, 2.75) is 26.8 Å². The fraction of sp³-hybridized carbons (Fsp3) is 0.235. The highest BCUT2D eigenvalue weighted by Gasteiger charge is 2.19. The molecular formula is C17H17N3O2S. The van der Waals surface area contributed by atoms with Crippen molar-refractivity contribution in [1.29, 1.82) is 0 Å². The number of aryl methyl sites for hydroxylation is 2. The van der Waals surface area contributed by atoms with Gasteiger partial charge in [0.15, 0.2) is 10.8 Å². The SMILES string of the molecule is Cc1ccc(-c2nc(C)c(C(=O)NC(C)c3ccncc3)s2)o1. The van der Waals surface area contributed by atoms with Crippen LogP contribution in [-0.2, 0) is 0 Å². The third kappa shape index (κ3) is 3.32. The summed E-state index contributed by atoms with van der Waals surface area (Å²) < 4.78 is 5.58. The number of nitrogens with zero attached hydrogens (tertiary/aromatic N) is 2. The molecule has 0 aliphatic heterocycles. The highest BCUT2D eigenvalue weighted by atomic mass is 32.1. The molecule has 3 rings (SSSR count). The number of rotatable bonds is 4. The van der Waals surface area contributed by atoms with E-state index in [1.54, 1.807) is 12.4 Å². The van der Waals surface area contributed by atoms with Crippen molar-refractivity contribution >= 4 is 17.2 Å². The van der Waals surface area contributed by atoms with E-state index in [1.165, 1.54) is 11.3 Å². The Balaban J connectivity index is 1.79. The van der Waals surface area contributed by atoms with E-state index in [9.17, 15) is 4.79 Å². The molecule has 1 amide bonds. The van der Waals surface area contributed by atoms with Crippen LogP contribution in [0.2, 0.25) is 0 Å². The van der Waals surface area contributed by atoms with Gasteiger partial charge >= 0.3 is 0 Å². The lowest BCUT2D eigenvalue weighted by Crippen LogP contribution is -2.26. The van der Waals surface area contributed by atoms with Crippen molar-refractivity contribution in [1.82, 2.24) is 15.3 Å². The summed E-state index contributed by atoms with van der Waals surface area (Å²) in [5, 5.41) is 3.72. The molecule has 0 saturated heterocycles. The van der Waals surface area contributed by atoms with Crippen molar-refractivity contribution in [2.75, 3.05) is 0 Å². The van der Waals surface area contributed by atoms with Gasteiger partial charge in [-0.3, -0.25) is 9.78 Å². The topological polar surface area (TPSA) is 68.0 Å². The Hall–Kier alpha value is -2.47.